The van der Waals surface area contributed by atoms with Crippen LogP contribution in [0.3, 0.4) is 0 Å². The minimum absolute atomic E-state index is 0.0193. The molecule has 94 valence electrons. The van der Waals surface area contributed by atoms with E-state index in [0.717, 1.165) is 6.07 Å². The van der Waals surface area contributed by atoms with Gasteiger partial charge < -0.3 is 19.7 Å². The van der Waals surface area contributed by atoms with Crippen molar-refractivity contribution in [1.29, 1.82) is 0 Å². The van der Waals surface area contributed by atoms with Gasteiger partial charge in [-0.05, 0) is 32.9 Å². The van der Waals surface area contributed by atoms with Crippen LogP contribution in [0.5, 0.6) is 17.2 Å². The number of hydrogen-bond acceptors (Lipinski definition) is 5. The molecule has 0 fully saturated rings. The maximum atomic E-state index is 11.7. The number of rotatable bonds is 2. The highest BCUT2D eigenvalue weighted by atomic mass is 16.6. The fourth-order valence-electron chi connectivity index (χ4n) is 1.20. The highest BCUT2D eigenvalue weighted by molar-refractivity contribution is 5.91. The second-order valence-electron chi connectivity index (χ2n) is 4.55. The molecule has 0 aliphatic carbocycles. The summed E-state index contributed by atoms with van der Waals surface area (Å²) in [7, 11) is 1.33. The molecule has 1 aromatic rings. The number of aromatic hydroxyl groups is 2. The van der Waals surface area contributed by atoms with E-state index in [2.05, 4.69) is 0 Å². The van der Waals surface area contributed by atoms with Crippen LogP contribution in [0.1, 0.15) is 31.1 Å². The number of benzene rings is 1. The molecule has 5 heteroatoms. The van der Waals surface area contributed by atoms with Crippen LogP contribution in [-0.4, -0.2) is 28.9 Å². The minimum atomic E-state index is -0.627. The smallest absolute Gasteiger partial charge is 0.338 e. The molecule has 5 nitrogen and oxygen atoms in total. The molecule has 0 unspecified atom stereocenters. The fraction of sp³-hybridized carbons (Fsp3) is 0.417. The van der Waals surface area contributed by atoms with Crippen molar-refractivity contribution in [2.24, 2.45) is 0 Å². The number of carbonyl (C=O) groups is 1. The lowest BCUT2D eigenvalue weighted by Crippen LogP contribution is -2.23. The third-order valence-corrected chi connectivity index (χ3v) is 1.91. The van der Waals surface area contributed by atoms with Crippen molar-refractivity contribution in [3.63, 3.8) is 0 Å². The van der Waals surface area contributed by atoms with Crippen LogP contribution in [0, 0.1) is 0 Å². The van der Waals surface area contributed by atoms with E-state index in [0.29, 0.717) is 0 Å². The monoisotopic (exact) mass is 240 g/mol. The second kappa shape index (κ2) is 4.53. The Balaban J connectivity index is 3.07. The minimum Gasteiger partial charge on any atom is -0.504 e. The fourth-order valence-corrected chi connectivity index (χ4v) is 1.20. The summed E-state index contributed by atoms with van der Waals surface area (Å²) in [4.78, 5) is 11.7. The summed E-state index contributed by atoms with van der Waals surface area (Å²) in [6.45, 7) is 5.22. The SMILES string of the molecule is COc1cc(C(=O)OC(C)(C)C)cc(O)c1O. The Labute approximate surface area is 99.6 Å². The molecule has 0 spiro atoms. The average Bonchev–Trinajstić information content (AvgIpc) is 2.19. The first-order valence-corrected chi connectivity index (χ1v) is 5.08. The van der Waals surface area contributed by atoms with Crippen LogP contribution in [0.4, 0.5) is 0 Å². The van der Waals surface area contributed by atoms with Crippen molar-refractivity contribution in [3.8, 4) is 17.2 Å². The quantitative estimate of drug-likeness (QED) is 0.611. The number of phenols is 2. The normalized spacial score (nSPS) is 11.1. The van der Waals surface area contributed by atoms with Crippen LogP contribution in [0.2, 0.25) is 0 Å². The number of phenolic OH excluding ortho intramolecular Hbond substituents is 2. The highest BCUT2D eigenvalue weighted by Gasteiger charge is 2.20. The third kappa shape index (κ3) is 3.27. The van der Waals surface area contributed by atoms with Crippen LogP contribution >= 0.6 is 0 Å². The Morgan fingerprint density at radius 1 is 1.24 bits per heavy atom. The standard InChI is InChI=1S/C12H16O5/c1-12(2,3)17-11(15)7-5-8(13)10(14)9(6-7)16-4/h5-6,13-14H,1-4H3. The van der Waals surface area contributed by atoms with Gasteiger partial charge in [0, 0.05) is 0 Å². The summed E-state index contributed by atoms with van der Waals surface area (Å²) in [6.07, 6.45) is 0. The molecule has 0 amide bonds. The van der Waals surface area contributed by atoms with E-state index in [1.54, 1.807) is 20.8 Å². The molecule has 0 atom stereocenters. The molecule has 0 aliphatic rings. The van der Waals surface area contributed by atoms with Gasteiger partial charge in [0.2, 0.25) is 5.75 Å². The van der Waals surface area contributed by atoms with Gasteiger partial charge in [-0.25, -0.2) is 4.79 Å². The van der Waals surface area contributed by atoms with Crippen molar-refractivity contribution in [2.45, 2.75) is 26.4 Å². The number of esters is 1. The Kier molecular flexibility index (Phi) is 3.50. The van der Waals surface area contributed by atoms with Crippen LogP contribution in [-0.2, 0) is 4.74 Å². The summed E-state index contributed by atoms with van der Waals surface area (Å²) < 4.78 is 9.96. The van der Waals surface area contributed by atoms with Crippen molar-refractivity contribution >= 4 is 5.97 Å². The van der Waals surface area contributed by atoms with Crippen molar-refractivity contribution in [2.75, 3.05) is 7.11 Å². The molecule has 0 bridgehead atoms. The molecule has 0 heterocycles. The Hall–Kier alpha value is -1.91. The van der Waals surface area contributed by atoms with E-state index in [1.807, 2.05) is 0 Å². The number of hydrogen-bond donors (Lipinski definition) is 2. The first-order chi connectivity index (χ1) is 7.74. The molecule has 2 N–H and O–H groups in total. The number of methoxy groups -OCH3 is 1. The molecule has 17 heavy (non-hydrogen) atoms. The van der Waals surface area contributed by atoms with E-state index >= 15 is 0 Å². The topological polar surface area (TPSA) is 76.0 Å². The zero-order valence-electron chi connectivity index (χ0n) is 10.3. The van der Waals surface area contributed by atoms with Crippen LogP contribution < -0.4 is 4.74 Å². The first kappa shape index (κ1) is 13.2. The van der Waals surface area contributed by atoms with Gasteiger partial charge in [-0.3, -0.25) is 0 Å². The van der Waals surface area contributed by atoms with Crippen LogP contribution in [0.25, 0.3) is 0 Å². The van der Waals surface area contributed by atoms with Gasteiger partial charge in [0.25, 0.3) is 0 Å². The van der Waals surface area contributed by atoms with Crippen molar-refractivity contribution in [1.82, 2.24) is 0 Å². The zero-order chi connectivity index (χ0) is 13.2. The summed E-state index contributed by atoms with van der Waals surface area (Å²) in [5.74, 6) is -1.40. The van der Waals surface area contributed by atoms with E-state index in [9.17, 15) is 15.0 Å². The summed E-state index contributed by atoms with van der Waals surface area (Å²) in [5, 5.41) is 18.8. The predicted molar refractivity (Wildman–Crippen MR) is 61.5 cm³/mol. The average molecular weight is 240 g/mol. The third-order valence-electron chi connectivity index (χ3n) is 1.91. The molecule has 0 saturated heterocycles. The highest BCUT2D eigenvalue weighted by Crippen LogP contribution is 2.36. The summed E-state index contributed by atoms with van der Waals surface area (Å²) in [6, 6.07) is 2.44. The molecular weight excluding hydrogens is 224 g/mol. The van der Waals surface area contributed by atoms with E-state index in [4.69, 9.17) is 9.47 Å². The maximum Gasteiger partial charge on any atom is 0.338 e. The molecule has 0 radical (unpaired) electrons. The van der Waals surface area contributed by atoms with Gasteiger partial charge >= 0.3 is 5.97 Å². The van der Waals surface area contributed by atoms with Gasteiger partial charge in [-0.1, -0.05) is 0 Å². The lowest BCUT2D eigenvalue weighted by atomic mass is 10.1. The van der Waals surface area contributed by atoms with Crippen molar-refractivity contribution in [3.05, 3.63) is 17.7 Å². The van der Waals surface area contributed by atoms with Crippen LogP contribution in [0.15, 0.2) is 12.1 Å². The Morgan fingerprint density at radius 2 is 1.82 bits per heavy atom. The van der Waals surface area contributed by atoms with E-state index in [1.165, 1.54) is 13.2 Å². The summed E-state index contributed by atoms with van der Waals surface area (Å²) in [5.41, 5.74) is -0.509. The zero-order valence-corrected chi connectivity index (χ0v) is 10.3. The van der Waals surface area contributed by atoms with Gasteiger partial charge in [-0.15, -0.1) is 0 Å². The van der Waals surface area contributed by atoms with Gasteiger partial charge in [0.05, 0.1) is 12.7 Å². The lowest BCUT2D eigenvalue weighted by molar-refractivity contribution is 0.00687. The molecular formula is C12H16O5. The molecule has 0 saturated carbocycles. The Morgan fingerprint density at radius 3 is 2.29 bits per heavy atom. The van der Waals surface area contributed by atoms with E-state index in [-0.39, 0.29) is 11.3 Å². The molecule has 0 aliphatic heterocycles. The van der Waals surface area contributed by atoms with E-state index < -0.39 is 23.1 Å². The molecule has 1 rings (SSSR count). The predicted octanol–water partition coefficient (Wildman–Crippen LogP) is 2.06. The molecule has 0 aromatic heterocycles. The lowest BCUT2D eigenvalue weighted by Gasteiger charge is -2.19. The van der Waals surface area contributed by atoms with Gasteiger partial charge in [0.1, 0.15) is 5.60 Å². The number of ether oxygens (including phenoxy) is 2. The largest absolute Gasteiger partial charge is 0.504 e. The van der Waals surface area contributed by atoms with Gasteiger partial charge in [0.15, 0.2) is 11.5 Å². The maximum absolute atomic E-state index is 11.7. The summed E-state index contributed by atoms with van der Waals surface area (Å²) >= 11 is 0. The van der Waals surface area contributed by atoms with Gasteiger partial charge in [-0.2, -0.15) is 0 Å². The second-order valence-corrected chi connectivity index (χ2v) is 4.55. The molecule has 1 aromatic carbocycles. The Bertz CT molecular complexity index is 431. The number of carbonyl (C=O) groups excluding carboxylic acids is 1. The van der Waals surface area contributed by atoms with Crippen molar-refractivity contribution < 1.29 is 24.5 Å². The first-order valence-electron chi connectivity index (χ1n) is 5.08.